The molecule has 7 heteroatoms. The van der Waals surface area contributed by atoms with Crippen molar-refractivity contribution < 1.29 is 9.72 Å². The van der Waals surface area contributed by atoms with Crippen LogP contribution in [0.15, 0.2) is 35.7 Å². The van der Waals surface area contributed by atoms with Crippen molar-refractivity contribution in [3.63, 3.8) is 0 Å². The molecule has 0 saturated heterocycles. The summed E-state index contributed by atoms with van der Waals surface area (Å²) in [7, 11) is 0. The van der Waals surface area contributed by atoms with E-state index in [-0.39, 0.29) is 22.3 Å². The molecule has 1 atom stereocenters. The second-order valence-corrected chi connectivity index (χ2v) is 5.49. The van der Waals surface area contributed by atoms with E-state index < -0.39 is 10.8 Å². The van der Waals surface area contributed by atoms with Crippen LogP contribution >= 0.6 is 22.9 Å². The van der Waals surface area contributed by atoms with E-state index in [0.717, 1.165) is 4.88 Å². The first-order valence-electron chi connectivity index (χ1n) is 5.78. The molecule has 1 aromatic carbocycles. The topological polar surface area (TPSA) is 72.2 Å². The van der Waals surface area contributed by atoms with Gasteiger partial charge in [-0.25, -0.2) is 0 Å². The summed E-state index contributed by atoms with van der Waals surface area (Å²) in [5.74, 6) is -0.514. The number of benzene rings is 1. The number of carbonyl (C=O) groups is 1. The molecule has 0 saturated carbocycles. The van der Waals surface area contributed by atoms with Crippen LogP contribution in [0.4, 0.5) is 5.69 Å². The van der Waals surface area contributed by atoms with Crippen molar-refractivity contribution in [1.29, 1.82) is 0 Å². The van der Waals surface area contributed by atoms with Crippen LogP contribution in [0.2, 0.25) is 5.02 Å². The number of hydrogen-bond acceptors (Lipinski definition) is 4. The van der Waals surface area contributed by atoms with Crippen molar-refractivity contribution in [2.24, 2.45) is 0 Å². The van der Waals surface area contributed by atoms with Crippen LogP contribution in [0.1, 0.15) is 28.2 Å². The number of hydrogen-bond donors (Lipinski definition) is 1. The molecule has 0 spiro atoms. The minimum atomic E-state index is -0.646. The summed E-state index contributed by atoms with van der Waals surface area (Å²) in [4.78, 5) is 23.5. The molecule has 1 unspecified atom stereocenters. The van der Waals surface area contributed by atoms with Crippen LogP contribution in [0.3, 0.4) is 0 Å². The fourth-order valence-electron chi connectivity index (χ4n) is 1.77. The lowest BCUT2D eigenvalue weighted by Crippen LogP contribution is -2.26. The summed E-state index contributed by atoms with van der Waals surface area (Å²) in [5.41, 5.74) is -0.407. The lowest BCUT2D eigenvalue weighted by Gasteiger charge is -2.12. The molecule has 5 nitrogen and oxygen atoms in total. The Morgan fingerprint density at radius 2 is 2.15 bits per heavy atom. The first-order valence-corrected chi connectivity index (χ1v) is 7.03. The first-order chi connectivity index (χ1) is 9.50. The molecule has 1 aromatic heterocycles. The molecular weight excluding hydrogens is 300 g/mol. The van der Waals surface area contributed by atoms with E-state index in [0.29, 0.717) is 0 Å². The summed E-state index contributed by atoms with van der Waals surface area (Å²) in [5, 5.41) is 15.6. The highest BCUT2D eigenvalue weighted by molar-refractivity contribution is 7.10. The third-order valence-electron chi connectivity index (χ3n) is 2.73. The maximum absolute atomic E-state index is 12.2. The van der Waals surface area contributed by atoms with Crippen LogP contribution < -0.4 is 5.32 Å². The van der Waals surface area contributed by atoms with Gasteiger partial charge in [0.25, 0.3) is 5.91 Å². The highest BCUT2D eigenvalue weighted by Crippen LogP contribution is 2.28. The van der Waals surface area contributed by atoms with Crippen LogP contribution in [0, 0.1) is 10.1 Å². The van der Waals surface area contributed by atoms with Crippen molar-refractivity contribution in [2.75, 3.05) is 0 Å². The van der Waals surface area contributed by atoms with Crippen molar-refractivity contribution in [3.05, 3.63) is 61.3 Å². The number of nitro groups is 1. The van der Waals surface area contributed by atoms with Crippen molar-refractivity contribution in [1.82, 2.24) is 5.32 Å². The van der Waals surface area contributed by atoms with E-state index >= 15 is 0 Å². The number of halogens is 1. The van der Waals surface area contributed by atoms with E-state index in [1.807, 2.05) is 24.4 Å². The third kappa shape index (κ3) is 2.97. The molecule has 0 fully saturated rings. The van der Waals surface area contributed by atoms with Crippen LogP contribution in [0.5, 0.6) is 0 Å². The predicted octanol–water partition coefficient (Wildman–Crippen LogP) is 3.80. The minimum absolute atomic E-state index is 0.0362. The lowest BCUT2D eigenvalue weighted by molar-refractivity contribution is -0.385. The quantitative estimate of drug-likeness (QED) is 0.689. The molecule has 0 bridgehead atoms. The van der Waals surface area contributed by atoms with E-state index in [1.165, 1.54) is 29.5 Å². The molecule has 1 amide bonds. The zero-order chi connectivity index (χ0) is 14.7. The van der Waals surface area contributed by atoms with E-state index in [2.05, 4.69) is 5.32 Å². The Morgan fingerprint density at radius 1 is 1.40 bits per heavy atom. The van der Waals surface area contributed by atoms with Gasteiger partial charge in [0.2, 0.25) is 0 Å². The Bertz CT molecular complexity index is 643. The first kappa shape index (κ1) is 14.5. The second-order valence-electron chi connectivity index (χ2n) is 4.10. The Balaban J connectivity index is 2.26. The normalized spacial score (nSPS) is 11.9. The van der Waals surface area contributed by atoms with E-state index in [9.17, 15) is 14.9 Å². The largest absolute Gasteiger partial charge is 0.344 e. The molecule has 2 aromatic rings. The Hall–Kier alpha value is -1.92. The van der Waals surface area contributed by atoms with Crippen molar-refractivity contribution in [3.8, 4) is 0 Å². The van der Waals surface area contributed by atoms with Gasteiger partial charge >= 0.3 is 5.69 Å². The van der Waals surface area contributed by atoms with Gasteiger partial charge < -0.3 is 5.32 Å². The summed E-state index contributed by atoms with van der Waals surface area (Å²) in [6.07, 6.45) is 0. The van der Waals surface area contributed by atoms with Gasteiger partial charge in [0.1, 0.15) is 10.6 Å². The van der Waals surface area contributed by atoms with Gasteiger partial charge in [0.05, 0.1) is 11.0 Å². The average Bonchev–Trinajstić information content (AvgIpc) is 2.91. The molecule has 0 aliphatic rings. The van der Waals surface area contributed by atoms with Crippen LogP contribution in [0.25, 0.3) is 0 Å². The lowest BCUT2D eigenvalue weighted by atomic mass is 10.1. The molecule has 1 heterocycles. The zero-order valence-corrected chi connectivity index (χ0v) is 12.1. The van der Waals surface area contributed by atoms with Gasteiger partial charge in [-0.15, -0.1) is 11.3 Å². The second kappa shape index (κ2) is 6.02. The number of carbonyl (C=O) groups excluding carboxylic acids is 1. The van der Waals surface area contributed by atoms with Gasteiger partial charge in [-0.05, 0) is 30.5 Å². The summed E-state index contributed by atoms with van der Waals surface area (Å²) < 4.78 is 0. The fourth-order valence-corrected chi connectivity index (χ4v) is 2.75. The summed E-state index contributed by atoms with van der Waals surface area (Å²) >= 11 is 7.29. The van der Waals surface area contributed by atoms with Gasteiger partial charge in [-0.2, -0.15) is 0 Å². The van der Waals surface area contributed by atoms with E-state index in [4.69, 9.17) is 11.6 Å². The predicted molar refractivity (Wildman–Crippen MR) is 78.3 cm³/mol. The number of rotatable bonds is 4. The summed E-state index contributed by atoms with van der Waals surface area (Å²) in [6, 6.07) is 7.84. The number of para-hydroxylation sites is 1. The number of nitrogens with zero attached hydrogens (tertiary/aromatic N) is 1. The summed E-state index contributed by atoms with van der Waals surface area (Å²) in [6.45, 7) is 1.82. The van der Waals surface area contributed by atoms with Crippen LogP contribution in [-0.2, 0) is 0 Å². The average molecular weight is 311 g/mol. The molecule has 0 aliphatic carbocycles. The molecule has 0 radical (unpaired) electrons. The Morgan fingerprint density at radius 3 is 2.75 bits per heavy atom. The van der Waals surface area contributed by atoms with Gasteiger partial charge in [0, 0.05) is 4.88 Å². The number of thiophene rings is 1. The molecule has 104 valence electrons. The Labute approximate surface area is 124 Å². The van der Waals surface area contributed by atoms with Crippen LogP contribution in [-0.4, -0.2) is 10.8 Å². The molecule has 2 rings (SSSR count). The smallest absolute Gasteiger partial charge is 0.300 e. The third-order valence-corrected chi connectivity index (χ3v) is 4.09. The number of amides is 1. The fraction of sp³-hybridized carbons (Fsp3) is 0.154. The highest BCUT2D eigenvalue weighted by Gasteiger charge is 2.24. The Kier molecular flexibility index (Phi) is 4.36. The highest BCUT2D eigenvalue weighted by atomic mass is 35.5. The van der Waals surface area contributed by atoms with Gasteiger partial charge in [-0.3, -0.25) is 14.9 Å². The maximum atomic E-state index is 12.2. The molecule has 0 aliphatic heterocycles. The SMILES string of the molecule is CC(NC(=O)c1cccc(Cl)c1[N+](=O)[O-])c1cccs1. The zero-order valence-electron chi connectivity index (χ0n) is 10.5. The van der Waals surface area contributed by atoms with Crippen molar-refractivity contribution in [2.45, 2.75) is 13.0 Å². The maximum Gasteiger partial charge on any atom is 0.300 e. The monoisotopic (exact) mass is 310 g/mol. The number of nitro benzene ring substituents is 1. The minimum Gasteiger partial charge on any atom is -0.344 e. The molecule has 1 N–H and O–H groups in total. The molecular formula is C13H11ClN2O3S. The molecule has 20 heavy (non-hydrogen) atoms. The van der Waals surface area contributed by atoms with Gasteiger partial charge in [-0.1, -0.05) is 23.7 Å². The standard InChI is InChI=1S/C13H11ClN2O3S/c1-8(11-6-3-7-20-11)15-13(17)9-4-2-5-10(14)12(9)16(18)19/h2-8H,1H3,(H,15,17). The van der Waals surface area contributed by atoms with Gasteiger partial charge in [0.15, 0.2) is 0 Å². The van der Waals surface area contributed by atoms with Crippen molar-refractivity contribution >= 4 is 34.5 Å². The van der Waals surface area contributed by atoms with E-state index in [1.54, 1.807) is 0 Å². The number of nitrogens with one attached hydrogen (secondary N) is 1.